The molecule has 0 bridgehead atoms. The first-order valence-electron chi connectivity index (χ1n) is 7.56. The maximum Gasteiger partial charge on any atom is 0.229 e. The Hall–Kier alpha value is -2.50. The van der Waals surface area contributed by atoms with Gasteiger partial charge in [0, 0.05) is 23.5 Å². The summed E-state index contributed by atoms with van der Waals surface area (Å²) in [5, 5.41) is 7.61. The maximum absolute atomic E-state index is 6.13. The number of nitrogens with zero attached hydrogens (tertiary/aromatic N) is 2. The minimum absolute atomic E-state index is 0.474. The van der Waals surface area contributed by atoms with Crippen LogP contribution in [0.25, 0.3) is 0 Å². The highest BCUT2D eigenvalue weighted by atomic mass is 35.5. The van der Waals surface area contributed by atoms with Gasteiger partial charge in [0.1, 0.15) is 11.6 Å². The topological polar surface area (TPSA) is 59.1 Å². The zero-order valence-electron chi connectivity index (χ0n) is 13.5. The Morgan fingerprint density at radius 1 is 1.04 bits per heavy atom. The maximum atomic E-state index is 6.13. The summed E-state index contributed by atoms with van der Waals surface area (Å²) in [5.41, 5.74) is 1.89. The van der Waals surface area contributed by atoms with Gasteiger partial charge in [0.05, 0.1) is 12.1 Å². The van der Waals surface area contributed by atoms with Gasteiger partial charge < -0.3 is 15.4 Å². The lowest BCUT2D eigenvalue weighted by atomic mass is 10.2. The summed E-state index contributed by atoms with van der Waals surface area (Å²) in [6.07, 6.45) is 1.69. The molecule has 0 aliphatic rings. The van der Waals surface area contributed by atoms with Gasteiger partial charge in [0.2, 0.25) is 5.95 Å². The number of hydrogen-bond donors (Lipinski definition) is 2. The standard InChI is InChI=1S/C18H16Cl2N4O/c1-25-16-7-6-14(10-15(16)20)23-18-21-9-8-17(24-18)22-11-12-2-4-13(19)5-3-12/h2-10H,11H2,1H3,(H2,21,22,23,24). The Balaban J connectivity index is 1.66. The molecule has 0 amide bonds. The van der Waals surface area contributed by atoms with Crippen LogP contribution in [0.2, 0.25) is 10.0 Å². The molecule has 0 saturated heterocycles. The highest BCUT2D eigenvalue weighted by Gasteiger charge is 2.04. The van der Waals surface area contributed by atoms with Crippen LogP contribution in [0.5, 0.6) is 5.75 Å². The molecule has 7 heteroatoms. The van der Waals surface area contributed by atoms with Gasteiger partial charge in [-0.15, -0.1) is 0 Å². The fourth-order valence-electron chi connectivity index (χ4n) is 2.19. The Bertz CT molecular complexity index is 856. The fourth-order valence-corrected chi connectivity index (χ4v) is 2.57. The van der Waals surface area contributed by atoms with Crippen LogP contribution in [0.1, 0.15) is 5.56 Å². The van der Waals surface area contributed by atoms with Crippen LogP contribution in [-0.4, -0.2) is 17.1 Å². The predicted octanol–water partition coefficient (Wildman–Crippen LogP) is 5.15. The number of halogens is 2. The van der Waals surface area contributed by atoms with Crippen LogP contribution in [-0.2, 0) is 6.54 Å². The number of nitrogens with one attached hydrogen (secondary N) is 2. The SMILES string of the molecule is COc1ccc(Nc2nccc(NCc3ccc(Cl)cc3)n2)cc1Cl. The molecule has 1 aromatic heterocycles. The summed E-state index contributed by atoms with van der Waals surface area (Å²) in [6, 6.07) is 14.9. The van der Waals surface area contributed by atoms with Crippen LogP contribution in [0, 0.1) is 0 Å². The van der Waals surface area contributed by atoms with Gasteiger partial charge >= 0.3 is 0 Å². The minimum Gasteiger partial charge on any atom is -0.495 e. The van der Waals surface area contributed by atoms with Gasteiger partial charge in [-0.1, -0.05) is 35.3 Å². The van der Waals surface area contributed by atoms with E-state index in [-0.39, 0.29) is 0 Å². The summed E-state index contributed by atoms with van der Waals surface area (Å²) in [5.74, 6) is 1.81. The number of methoxy groups -OCH3 is 1. The van der Waals surface area contributed by atoms with Crippen LogP contribution >= 0.6 is 23.2 Å². The zero-order valence-corrected chi connectivity index (χ0v) is 15.0. The summed E-state index contributed by atoms with van der Waals surface area (Å²) < 4.78 is 5.14. The Kier molecular flexibility index (Phi) is 5.58. The van der Waals surface area contributed by atoms with Crippen molar-refractivity contribution >= 4 is 40.7 Å². The van der Waals surface area contributed by atoms with Crippen molar-refractivity contribution < 1.29 is 4.74 Å². The van der Waals surface area contributed by atoms with Crippen molar-refractivity contribution in [3.8, 4) is 5.75 Å². The van der Waals surface area contributed by atoms with Crippen molar-refractivity contribution in [2.24, 2.45) is 0 Å². The first-order valence-corrected chi connectivity index (χ1v) is 8.31. The Labute approximate surface area is 156 Å². The first kappa shape index (κ1) is 17.3. The van der Waals surface area contributed by atoms with Crippen LogP contribution < -0.4 is 15.4 Å². The normalized spacial score (nSPS) is 10.4. The number of aromatic nitrogens is 2. The van der Waals surface area contributed by atoms with E-state index in [4.69, 9.17) is 27.9 Å². The van der Waals surface area contributed by atoms with Crippen molar-refractivity contribution in [1.82, 2.24) is 9.97 Å². The van der Waals surface area contributed by atoms with Gasteiger partial charge in [-0.3, -0.25) is 0 Å². The minimum atomic E-state index is 0.474. The average Bonchev–Trinajstić information content (AvgIpc) is 2.62. The number of benzene rings is 2. The third kappa shape index (κ3) is 4.75. The van der Waals surface area contributed by atoms with Gasteiger partial charge in [0.15, 0.2) is 0 Å². The molecule has 5 nitrogen and oxygen atoms in total. The van der Waals surface area contributed by atoms with Gasteiger partial charge in [-0.25, -0.2) is 4.98 Å². The second kappa shape index (κ2) is 8.05. The lowest BCUT2D eigenvalue weighted by Crippen LogP contribution is -2.04. The highest BCUT2D eigenvalue weighted by molar-refractivity contribution is 6.32. The predicted molar refractivity (Wildman–Crippen MR) is 102 cm³/mol. The molecule has 0 radical (unpaired) electrons. The van der Waals surface area contributed by atoms with E-state index in [0.717, 1.165) is 16.3 Å². The molecule has 25 heavy (non-hydrogen) atoms. The number of anilines is 3. The average molecular weight is 375 g/mol. The van der Waals surface area contributed by atoms with Gasteiger partial charge in [0.25, 0.3) is 0 Å². The second-order valence-electron chi connectivity index (χ2n) is 5.22. The van der Waals surface area contributed by atoms with Crippen molar-refractivity contribution in [3.05, 3.63) is 70.3 Å². The molecule has 0 spiro atoms. The van der Waals surface area contributed by atoms with Gasteiger partial charge in [-0.2, -0.15) is 4.98 Å². The first-order chi connectivity index (χ1) is 12.1. The van der Waals surface area contributed by atoms with E-state index in [9.17, 15) is 0 Å². The van der Waals surface area contributed by atoms with Crippen LogP contribution in [0.15, 0.2) is 54.7 Å². The Morgan fingerprint density at radius 3 is 2.56 bits per heavy atom. The fraction of sp³-hybridized carbons (Fsp3) is 0.111. The smallest absolute Gasteiger partial charge is 0.229 e. The van der Waals surface area contributed by atoms with E-state index in [1.54, 1.807) is 25.4 Å². The molecular formula is C18H16Cl2N4O. The third-order valence-electron chi connectivity index (χ3n) is 3.45. The molecule has 0 aliphatic carbocycles. The molecule has 128 valence electrons. The van der Waals surface area contributed by atoms with Crippen LogP contribution in [0.3, 0.4) is 0 Å². The van der Waals surface area contributed by atoms with Crippen molar-refractivity contribution in [3.63, 3.8) is 0 Å². The molecule has 0 aliphatic heterocycles. The number of hydrogen-bond acceptors (Lipinski definition) is 5. The van der Waals surface area contributed by atoms with Crippen LogP contribution in [0.4, 0.5) is 17.5 Å². The molecule has 3 aromatic rings. The second-order valence-corrected chi connectivity index (χ2v) is 6.06. The van der Waals surface area contributed by atoms with E-state index in [2.05, 4.69) is 20.6 Å². The van der Waals surface area contributed by atoms with Gasteiger partial charge in [-0.05, 0) is 42.0 Å². The third-order valence-corrected chi connectivity index (χ3v) is 4.00. The highest BCUT2D eigenvalue weighted by Crippen LogP contribution is 2.28. The van der Waals surface area contributed by atoms with Crippen molar-refractivity contribution in [1.29, 1.82) is 0 Å². The molecule has 3 rings (SSSR count). The summed E-state index contributed by atoms with van der Waals surface area (Å²) in [4.78, 5) is 8.66. The van der Waals surface area contributed by atoms with E-state index in [0.29, 0.717) is 29.1 Å². The molecule has 1 heterocycles. The lowest BCUT2D eigenvalue weighted by molar-refractivity contribution is 0.415. The largest absolute Gasteiger partial charge is 0.495 e. The molecule has 0 saturated carbocycles. The monoisotopic (exact) mass is 374 g/mol. The molecule has 2 aromatic carbocycles. The zero-order chi connectivity index (χ0) is 17.6. The van der Waals surface area contributed by atoms with E-state index < -0.39 is 0 Å². The number of ether oxygens (including phenoxy) is 1. The Morgan fingerprint density at radius 2 is 1.84 bits per heavy atom. The summed E-state index contributed by atoms with van der Waals surface area (Å²) in [6.45, 7) is 0.641. The molecular weight excluding hydrogens is 359 g/mol. The quantitative estimate of drug-likeness (QED) is 0.624. The van der Waals surface area contributed by atoms with Crippen molar-refractivity contribution in [2.45, 2.75) is 6.54 Å². The van der Waals surface area contributed by atoms with E-state index in [1.807, 2.05) is 36.4 Å². The number of rotatable bonds is 6. The molecule has 0 fully saturated rings. The van der Waals surface area contributed by atoms with Crippen molar-refractivity contribution in [2.75, 3.05) is 17.7 Å². The molecule has 0 unspecified atom stereocenters. The molecule has 2 N–H and O–H groups in total. The summed E-state index contributed by atoms with van der Waals surface area (Å²) in [7, 11) is 1.58. The lowest BCUT2D eigenvalue weighted by Gasteiger charge is -2.10. The molecule has 0 atom stereocenters. The van der Waals surface area contributed by atoms with E-state index >= 15 is 0 Å². The summed E-state index contributed by atoms with van der Waals surface area (Å²) >= 11 is 12.0. The van der Waals surface area contributed by atoms with E-state index in [1.165, 1.54) is 0 Å².